The van der Waals surface area contributed by atoms with Gasteiger partial charge in [-0.1, -0.05) is 26.0 Å². The molecule has 1 N–H and O–H groups in total. The molecule has 0 bridgehead atoms. The van der Waals surface area contributed by atoms with Crippen LogP contribution in [0, 0.1) is 5.92 Å². The lowest BCUT2D eigenvalue weighted by Gasteiger charge is -2.22. The van der Waals surface area contributed by atoms with Crippen LogP contribution in [0.1, 0.15) is 53.5 Å². The van der Waals surface area contributed by atoms with Gasteiger partial charge in [0.15, 0.2) is 11.5 Å². The molecule has 0 spiro atoms. The van der Waals surface area contributed by atoms with Crippen molar-refractivity contribution >= 4 is 0 Å². The van der Waals surface area contributed by atoms with Crippen molar-refractivity contribution in [2.75, 3.05) is 13.2 Å². The first kappa shape index (κ1) is 17.8. The van der Waals surface area contributed by atoms with Crippen LogP contribution in [0.2, 0.25) is 0 Å². The fourth-order valence-corrected chi connectivity index (χ4v) is 1.89. The van der Waals surface area contributed by atoms with Gasteiger partial charge in [0.2, 0.25) is 0 Å². The summed E-state index contributed by atoms with van der Waals surface area (Å²) < 4.78 is 11.7. The Hall–Kier alpha value is -1.22. The maximum absolute atomic E-state index is 6.03. The van der Waals surface area contributed by atoms with Crippen molar-refractivity contribution in [1.82, 2.24) is 5.32 Å². The molecule has 0 amide bonds. The lowest BCUT2D eigenvalue weighted by Crippen LogP contribution is -2.35. The summed E-state index contributed by atoms with van der Waals surface area (Å²) in [6.07, 6.45) is 1.05. The summed E-state index contributed by atoms with van der Waals surface area (Å²) in [6.45, 7) is 15.1. The van der Waals surface area contributed by atoms with Gasteiger partial charge in [-0.25, -0.2) is 0 Å². The highest BCUT2D eigenvalue weighted by Gasteiger charge is 2.14. The summed E-state index contributed by atoms with van der Waals surface area (Å²) in [7, 11) is 0. The summed E-state index contributed by atoms with van der Waals surface area (Å²) in [5.74, 6) is 2.37. The van der Waals surface area contributed by atoms with E-state index < -0.39 is 0 Å². The van der Waals surface area contributed by atoms with E-state index >= 15 is 0 Å². The Bertz CT molecular complexity index is 422. The van der Waals surface area contributed by atoms with E-state index in [-0.39, 0.29) is 5.54 Å². The van der Waals surface area contributed by atoms with E-state index in [0.717, 1.165) is 36.6 Å². The van der Waals surface area contributed by atoms with E-state index in [9.17, 15) is 0 Å². The van der Waals surface area contributed by atoms with Crippen molar-refractivity contribution in [3.05, 3.63) is 23.8 Å². The van der Waals surface area contributed by atoms with Gasteiger partial charge < -0.3 is 14.8 Å². The number of hydrogen-bond donors (Lipinski definition) is 1. The molecule has 0 aliphatic heterocycles. The number of para-hydroxylation sites is 1. The largest absolute Gasteiger partial charge is 0.490 e. The van der Waals surface area contributed by atoms with Crippen molar-refractivity contribution in [3.8, 4) is 11.5 Å². The molecule has 0 fully saturated rings. The molecule has 3 heteroatoms. The third-order valence-corrected chi connectivity index (χ3v) is 3.11. The molecule has 0 aromatic heterocycles. The Morgan fingerprint density at radius 1 is 1.14 bits per heavy atom. The Labute approximate surface area is 130 Å². The molecule has 0 aliphatic rings. The molecule has 0 heterocycles. The molecule has 0 saturated carbocycles. The molecule has 0 radical (unpaired) electrons. The highest BCUT2D eigenvalue weighted by atomic mass is 16.5. The Morgan fingerprint density at radius 2 is 1.86 bits per heavy atom. The van der Waals surface area contributed by atoms with E-state index in [2.05, 4.69) is 46.0 Å². The van der Waals surface area contributed by atoms with Crippen molar-refractivity contribution in [2.45, 2.75) is 60.0 Å². The number of rotatable bonds is 8. The summed E-state index contributed by atoms with van der Waals surface area (Å²) in [6, 6.07) is 6.11. The second kappa shape index (κ2) is 8.28. The molecule has 21 heavy (non-hydrogen) atoms. The van der Waals surface area contributed by atoms with Crippen molar-refractivity contribution in [1.29, 1.82) is 0 Å². The molecule has 1 aromatic rings. The molecular formula is C18H31NO2. The molecule has 0 saturated heterocycles. The minimum Gasteiger partial charge on any atom is -0.490 e. The maximum atomic E-state index is 6.03. The first-order valence-electron chi connectivity index (χ1n) is 7.96. The second-order valence-electron chi connectivity index (χ2n) is 6.81. The minimum atomic E-state index is 0.0802. The Kier molecular flexibility index (Phi) is 7.03. The van der Waals surface area contributed by atoms with E-state index in [1.54, 1.807) is 0 Å². The average molecular weight is 293 g/mol. The third-order valence-electron chi connectivity index (χ3n) is 3.11. The van der Waals surface area contributed by atoms with Crippen LogP contribution in [0.3, 0.4) is 0 Å². The van der Waals surface area contributed by atoms with Crippen molar-refractivity contribution in [2.24, 2.45) is 5.92 Å². The summed E-state index contributed by atoms with van der Waals surface area (Å²) >= 11 is 0. The first-order valence-corrected chi connectivity index (χ1v) is 7.96. The molecule has 1 rings (SSSR count). The normalized spacial score (nSPS) is 11.8. The summed E-state index contributed by atoms with van der Waals surface area (Å²) in [5.41, 5.74) is 1.23. The Morgan fingerprint density at radius 3 is 2.43 bits per heavy atom. The molecule has 0 aliphatic carbocycles. The van der Waals surface area contributed by atoms with Crippen LogP contribution in [0.5, 0.6) is 11.5 Å². The van der Waals surface area contributed by atoms with E-state index in [1.807, 2.05) is 19.1 Å². The van der Waals surface area contributed by atoms with Crippen LogP contribution in [0.25, 0.3) is 0 Å². The van der Waals surface area contributed by atoms with Crippen molar-refractivity contribution < 1.29 is 9.47 Å². The highest BCUT2D eigenvalue weighted by Crippen LogP contribution is 2.32. The fourth-order valence-electron chi connectivity index (χ4n) is 1.89. The number of nitrogens with one attached hydrogen (secondary N) is 1. The van der Waals surface area contributed by atoms with Gasteiger partial charge >= 0.3 is 0 Å². The van der Waals surface area contributed by atoms with Gasteiger partial charge in [0.05, 0.1) is 13.2 Å². The lowest BCUT2D eigenvalue weighted by atomic mass is 10.1. The minimum absolute atomic E-state index is 0.0802. The van der Waals surface area contributed by atoms with Gasteiger partial charge in [-0.05, 0) is 46.1 Å². The smallest absolute Gasteiger partial charge is 0.165 e. The molecular weight excluding hydrogens is 262 g/mol. The monoisotopic (exact) mass is 293 g/mol. The summed E-state index contributed by atoms with van der Waals surface area (Å²) in [4.78, 5) is 0. The molecule has 0 unspecified atom stereocenters. The number of benzene rings is 1. The fraction of sp³-hybridized carbons (Fsp3) is 0.667. The van der Waals surface area contributed by atoms with E-state index in [1.165, 1.54) is 0 Å². The molecule has 3 nitrogen and oxygen atoms in total. The average Bonchev–Trinajstić information content (AvgIpc) is 2.37. The predicted molar refractivity (Wildman–Crippen MR) is 89.2 cm³/mol. The van der Waals surface area contributed by atoms with Gasteiger partial charge in [-0.15, -0.1) is 0 Å². The van der Waals surface area contributed by atoms with Gasteiger partial charge in [-0.2, -0.15) is 0 Å². The van der Waals surface area contributed by atoms with Gasteiger partial charge in [0, 0.05) is 17.6 Å². The SMILES string of the molecule is CCOc1cccc(CNC(C)(C)C)c1OCCC(C)C. The topological polar surface area (TPSA) is 30.5 Å². The maximum Gasteiger partial charge on any atom is 0.165 e. The van der Waals surface area contributed by atoms with Crippen LogP contribution >= 0.6 is 0 Å². The first-order chi connectivity index (χ1) is 9.83. The number of ether oxygens (including phenoxy) is 2. The molecule has 120 valence electrons. The third kappa shape index (κ3) is 6.85. The number of hydrogen-bond acceptors (Lipinski definition) is 3. The van der Waals surface area contributed by atoms with E-state index in [0.29, 0.717) is 12.5 Å². The zero-order valence-electron chi connectivity index (χ0n) is 14.5. The van der Waals surface area contributed by atoms with Crippen molar-refractivity contribution in [3.63, 3.8) is 0 Å². The molecule has 1 aromatic carbocycles. The van der Waals surface area contributed by atoms with E-state index in [4.69, 9.17) is 9.47 Å². The second-order valence-corrected chi connectivity index (χ2v) is 6.81. The lowest BCUT2D eigenvalue weighted by molar-refractivity contribution is 0.257. The zero-order valence-corrected chi connectivity index (χ0v) is 14.5. The van der Waals surface area contributed by atoms with Gasteiger partial charge in [0.25, 0.3) is 0 Å². The van der Waals surface area contributed by atoms with Crippen LogP contribution < -0.4 is 14.8 Å². The van der Waals surface area contributed by atoms with Gasteiger partial charge in [0.1, 0.15) is 0 Å². The highest BCUT2D eigenvalue weighted by molar-refractivity contribution is 5.46. The zero-order chi connectivity index (χ0) is 15.9. The standard InChI is InChI=1S/C18H31NO2/c1-7-20-16-10-8-9-15(13-19-18(4,5)6)17(16)21-12-11-14(2)3/h8-10,14,19H,7,11-13H2,1-6H3. The molecule has 0 atom stereocenters. The predicted octanol–water partition coefficient (Wildman–Crippen LogP) is 4.40. The Balaban J connectivity index is 2.85. The summed E-state index contributed by atoms with van der Waals surface area (Å²) in [5, 5.41) is 3.51. The van der Waals surface area contributed by atoms with Crippen LogP contribution in [-0.2, 0) is 6.54 Å². The van der Waals surface area contributed by atoms with Gasteiger partial charge in [-0.3, -0.25) is 0 Å². The van der Waals surface area contributed by atoms with Crippen LogP contribution in [-0.4, -0.2) is 18.8 Å². The quantitative estimate of drug-likeness (QED) is 0.770. The van der Waals surface area contributed by atoms with Crippen LogP contribution in [0.4, 0.5) is 0 Å². The van der Waals surface area contributed by atoms with Crippen LogP contribution in [0.15, 0.2) is 18.2 Å².